The van der Waals surface area contributed by atoms with Gasteiger partial charge in [-0.15, -0.1) is 0 Å². The molecule has 0 aliphatic carbocycles. The Labute approximate surface area is 127 Å². The van der Waals surface area contributed by atoms with Gasteiger partial charge in [-0.2, -0.15) is 0 Å². The van der Waals surface area contributed by atoms with Crippen molar-refractivity contribution in [3.05, 3.63) is 0 Å². The summed E-state index contributed by atoms with van der Waals surface area (Å²) < 4.78 is 0. The Balaban J connectivity index is 0. The van der Waals surface area contributed by atoms with Crippen LogP contribution < -0.4 is 34.7 Å². The van der Waals surface area contributed by atoms with E-state index in [-0.39, 0.29) is 36.0 Å². The van der Waals surface area contributed by atoms with Crippen molar-refractivity contribution in [2.45, 2.75) is 58.3 Å². The quantitative estimate of drug-likeness (QED) is 0.307. The molecule has 0 aliphatic heterocycles. The number of hydrogen-bond acceptors (Lipinski definition) is 2. The van der Waals surface area contributed by atoms with Crippen LogP contribution in [0.4, 0.5) is 0 Å². The molecule has 0 saturated heterocycles. The van der Waals surface area contributed by atoms with Gasteiger partial charge < -0.3 is 9.90 Å². The predicted molar refractivity (Wildman–Crippen MR) is 63.2 cm³/mol. The zero-order valence-electron chi connectivity index (χ0n) is 11.0. The average molecular weight is 242 g/mol. The Morgan fingerprint density at radius 1 is 1.00 bits per heavy atom. The molecule has 0 rings (SSSR count). The van der Waals surface area contributed by atoms with Crippen LogP contribution in [0.3, 0.4) is 0 Å². The number of rotatable bonds is 8. The molecule has 2 nitrogen and oxygen atoms in total. The van der Waals surface area contributed by atoms with E-state index in [4.69, 9.17) is 0 Å². The predicted octanol–water partition coefficient (Wildman–Crippen LogP) is -1.11. The minimum absolute atomic E-state index is 0. The summed E-state index contributed by atoms with van der Waals surface area (Å²) in [6.45, 7) is 1.78. The van der Waals surface area contributed by atoms with Crippen molar-refractivity contribution in [3.63, 3.8) is 0 Å². The summed E-state index contributed by atoms with van der Waals surface area (Å²) in [6.07, 6.45) is 7.38. The van der Waals surface area contributed by atoms with Crippen molar-refractivity contribution in [2.24, 2.45) is 0 Å². The number of unbranched alkanes of at least 4 members (excludes halogenated alkanes) is 6. The number of carboxylic acid groups (broad SMARTS) is 1. The third-order valence-corrected chi connectivity index (χ3v) is 2.21. The monoisotopic (exact) mass is 242 g/mol. The first-order valence-electron chi connectivity index (χ1n) is 5.87. The van der Waals surface area contributed by atoms with Crippen LogP contribution in [0.1, 0.15) is 58.3 Å². The fraction of sp³-hybridized carbons (Fsp3) is 0.643. The molecule has 17 heavy (non-hydrogen) atoms. The second-order valence-electron chi connectivity index (χ2n) is 3.67. The van der Waals surface area contributed by atoms with Gasteiger partial charge >= 0.3 is 29.6 Å². The summed E-state index contributed by atoms with van der Waals surface area (Å²) in [7, 11) is 0. The normalized spacial score (nSPS) is 8.06. The van der Waals surface area contributed by atoms with Gasteiger partial charge in [0.05, 0.1) is 0 Å². The van der Waals surface area contributed by atoms with Crippen molar-refractivity contribution in [2.75, 3.05) is 0 Å². The van der Waals surface area contributed by atoms with E-state index in [1.54, 1.807) is 6.92 Å². The first-order chi connectivity index (χ1) is 7.77. The molecule has 0 amide bonds. The molecule has 0 bridgehead atoms. The Morgan fingerprint density at radius 2 is 1.59 bits per heavy atom. The van der Waals surface area contributed by atoms with Gasteiger partial charge in [-0.1, -0.05) is 37.5 Å². The summed E-state index contributed by atoms with van der Waals surface area (Å²) in [5.41, 5.74) is 0. The smallest absolute Gasteiger partial charge is 0.550 e. The molecule has 0 aliphatic rings. The molecule has 0 N–H and O–H groups in total. The van der Waals surface area contributed by atoms with Crippen LogP contribution in [0.2, 0.25) is 0 Å². The molecular weight excluding hydrogens is 223 g/mol. The standard InChI is InChI=1S/C14H20O2.Na/c1-2-3-4-5-6-7-8-9-10-11-12-13-14(15)16;/h6-13H2,1H3,(H,15,16);/q;+1/p-1. The molecule has 0 unspecified atom stereocenters. The fourth-order valence-electron chi connectivity index (χ4n) is 1.36. The fourth-order valence-corrected chi connectivity index (χ4v) is 1.36. The number of carboxylic acids is 1. The van der Waals surface area contributed by atoms with E-state index >= 15 is 0 Å². The molecule has 3 heteroatoms. The van der Waals surface area contributed by atoms with Crippen LogP contribution in [0.5, 0.6) is 0 Å². The van der Waals surface area contributed by atoms with Crippen LogP contribution in [0, 0.1) is 23.7 Å². The van der Waals surface area contributed by atoms with Gasteiger partial charge in [0.25, 0.3) is 0 Å². The Hall–Kier alpha value is -0.410. The first kappa shape index (κ1) is 18.9. The summed E-state index contributed by atoms with van der Waals surface area (Å²) in [6, 6.07) is 0. The molecule has 0 heterocycles. The van der Waals surface area contributed by atoms with Gasteiger partial charge in [-0.05, 0) is 38.0 Å². The number of carbonyl (C=O) groups is 1. The second kappa shape index (κ2) is 15.6. The number of aliphatic carboxylic acids is 1. The van der Waals surface area contributed by atoms with Crippen LogP contribution >= 0.6 is 0 Å². The van der Waals surface area contributed by atoms with E-state index in [2.05, 4.69) is 23.7 Å². The Morgan fingerprint density at radius 3 is 2.18 bits per heavy atom. The van der Waals surface area contributed by atoms with Crippen molar-refractivity contribution in [3.8, 4) is 23.7 Å². The van der Waals surface area contributed by atoms with E-state index in [0.29, 0.717) is 0 Å². The van der Waals surface area contributed by atoms with Gasteiger partial charge in [-0.3, -0.25) is 0 Å². The molecule has 0 aromatic rings. The molecule has 0 radical (unpaired) electrons. The summed E-state index contributed by atoms with van der Waals surface area (Å²) >= 11 is 0. The molecule has 0 fully saturated rings. The van der Waals surface area contributed by atoms with Gasteiger partial charge in [0.2, 0.25) is 0 Å². The van der Waals surface area contributed by atoms with Crippen molar-refractivity contribution < 1.29 is 39.5 Å². The minimum Gasteiger partial charge on any atom is -0.550 e. The first-order valence-corrected chi connectivity index (χ1v) is 5.87. The molecule has 0 atom stereocenters. The second-order valence-corrected chi connectivity index (χ2v) is 3.67. The third kappa shape index (κ3) is 18.2. The van der Waals surface area contributed by atoms with Gasteiger partial charge in [0, 0.05) is 12.4 Å². The topological polar surface area (TPSA) is 40.1 Å². The maximum atomic E-state index is 10.1. The van der Waals surface area contributed by atoms with Gasteiger partial charge in [-0.25, -0.2) is 0 Å². The van der Waals surface area contributed by atoms with Crippen LogP contribution in [-0.4, -0.2) is 5.97 Å². The van der Waals surface area contributed by atoms with Crippen molar-refractivity contribution >= 4 is 5.97 Å². The van der Waals surface area contributed by atoms with Crippen molar-refractivity contribution in [1.82, 2.24) is 0 Å². The van der Waals surface area contributed by atoms with E-state index < -0.39 is 5.97 Å². The average Bonchev–Trinajstić information content (AvgIpc) is 2.25. The largest absolute Gasteiger partial charge is 1.00 e. The van der Waals surface area contributed by atoms with Gasteiger partial charge in [0.15, 0.2) is 0 Å². The number of carbonyl (C=O) groups excluding carboxylic acids is 1. The molecule has 88 valence electrons. The summed E-state index contributed by atoms with van der Waals surface area (Å²) in [5.74, 6) is 10.3. The summed E-state index contributed by atoms with van der Waals surface area (Å²) in [5, 5.41) is 10.1. The van der Waals surface area contributed by atoms with Crippen molar-refractivity contribution in [1.29, 1.82) is 0 Å². The zero-order valence-corrected chi connectivity index (χ0v) is 13.0. The maximum absolute atomic E-state index is 10.1. The van der Waals surface area contributed by atoms with E-state index in [0.717, 1.165) is 38.5 Å². The zero-order chi connectivity index (χ0) is 12.1. The summed E-state index contributed by atoms with van der Waals surface area (Å²) in [4.78, 5) is 10.1. The Bertz CT molecular complexity index is 302. The van der Waals surface area contributed by atoms with Crippen LogP contribution in [-0.2, 0) is 4.79 Å². The molecule has 0 aromatic heterocycles. The third-order valence-electron chi connectivity index (χ3n) is 2.21. The minimum atomic E-state index is -0.938. The van der Waals surface area contributed by atoms with E-state index in [1.807, 2.05) is 0 Å². The maximum Gasteiger partial charge on any atom is 1.00 e. The van der Waals surface area contributed by atoms with Gasteiger partial charge in [0.1, 0.15) is 0 Å². The van der Waals surface area contributed by atoms with E-state index in [9.17, 15) is 9.90 Å². The van der Waals surface area contributed by atoms with E-state index in [1.165, 1.54) is 6.42 Å². The molecule has 0 spiro atoms. The SMILES string of the molecule is CC#CC#CCCCCCCCCC(=O)[O-].[Na+]. The molecular formula is C14H19NaO2. The molecule has 0 aromatic carbocycles. The molecule has 0 saturated carbocycles. The van der Waals surface area contributed by atoms with Crippen LogP contribution in [0.15, 0.2) is 0 Å². The number of hydrogen-bond donors (Lipinski definition) is 0. The van der Waals surface area contributed by atoms with Crippen LogP contribution in [0.25, 0.3) is 0 Å². The Kier molecular flexibility index (Phi) is 17.4.